The van der Waals surface area contributed by atoms with E-state index in [1.165, 1.54) is 16.9 Å². The summed E-state index contributed by atoms with van der Waals surface area (Å²) in [5.41, 5.74) is 4.03. The highest BCUT2D eigenvalue weighted by molar-refractivity contribution is 7.15. The summed E-state index contributed by atoms with van der Waals surface area (Å²) in [6.45, 7) is 6.78. The summed E-state index contributed by atoms with van der Waals surface area (Å²) in [5, 5.41) is 1.93. The molecule has 6 heteroatoms. The van der Waals surface area contributed by atoms with Crippen molar-refractivity contribution in [3.63, 3.8) is 0 Å². The van der Waals surface area contributed by atoms with E-state index >= 15 is 0 Å². The minimum absolute atomic E-state index is 0.0986. The number of hydrogen-bond acceptors (Lipinski definition) is 4. The molecule has 0 spiro atoms. The van der Waals surface area contributed by atoms with Crippen LogP contribution in [-0.4, -0.2) is 57.8 Å². The third-order valence-electron chi connectivity index (χ3n) is 5.33. The first kappa shape index (κ1) is 17.2. The van der Waals surface area contributed by atoms with Gasteiger partial charge in [0.05, 0.1) is 5.69 Å². The predicted molar refractivity (Wildman–Crippen MR) is 106 cm³/mol. The normalized spacial score (nSPS) is 18.6. The molecule has 0 radical (unpaired) electrons. The van der Waals surface area contributed by atoms with E-state index in [9.17, 15) is 4.79 Å². The minimum Gasteiger partial charge on any atom is -0.334 e. The number of likely N-dealkylation sites (N-methyl/N-ethyl adjacent to an activating group) is 1. The van der Waals surface area contributed by atoms with Gasteiger partial charge in [0.25, 0.3) is 5.91 Å². The molecule has 1 amide bonds. The minimum atomic E-state index is 0.0986. The lowest BCUT2D eigenvalue weighted by Crippen LogP contribution is -2.52. The van der Waals surface area contributed by atoms with Crippen molar-refractivity contribution >= 4 is 22.2 Å². The Bertz CT molecular complexity index is 927. The third kappa shape index (κ3) is 3.04. The Balaban J connectivity index is 1.62. The number of nitrogens with zero attached hydrogens (tertiary/aromatic N) is 4. The molecule has 0 N–H and O–H groups in total. The molecule has 0 bridgehead atoms. The topological polar surface area (TPSA) is 40.9 Å². The van der Waals surface area contributed by atoms with Crippen LogP contribution < -0.4 is 0 Å². The van der Waals surface area contributed by atoms with Crippen LogP contribution in [0.3, 0.4) is 0 Å². The summed E-state index contributed by atoms with van der Waals surface area (Å²) in [7, 11) is 2.11. The van der Waals surface area contributed by atoms with E-state index in [1.54, 1.807) is 0 Å². The number of imidazole rings is 1. The molecule has 1 fully saturated rings. The molecule has 1 aliphatic heterocycles. The second-order valence-electron chi connectivity index (χ2n) is 7.03. The smallest absolute Gasteiger partial charge is 0.271 e. The molecule has 3 aromatic rings. The zero-order valence-corrected chi connectivity index (χ0v) is 16.3. The number of aryl methyl sites for hydroxylation is 1. The van der Waals surface area contributed by atoms with Crippen molar-refractivity contribution in [1.82, 2.24) is 19.2 Å². The molecule has 0 saturated carbocycles. The van der Waals surface area contributed by atoms with Crippen LogP contribution in [-0.2, 0) is 6.42 Å². The summed E-state index contributed by atoms with van der Waals surface area (Å²) in [6.07, 6.45) is 3.01. The maximum absolute atomic E-state index is 13.0. The highest BCUT2D eigenvalue weighted by atomic mass is 32.1. The van der Waals surface area contributed by atoms with Crippen LogP contribution in [0.15, 0.2) is 35.8 Å². The molecule has 2 aromatic heterocycles. The van der Waals surface area contributed by atoms with Gasteiger partial charge in [0, 0.05) is 42.8 Å². The van der Waals surface area contributed by atoms with Crippen LogP contribution >= 0.6 is 11.3 Å². The monoisotopic (exact) mass is 368 g/mol. The van der Waals surface area contributed by atoms with Crippen molar-refractivity contribution in [2.75, 3.05) is 26.7 Å². The summed E-state index contributed by atoms with van der Waals surface area (Å²) in [5.74, 6) is 0.0986. The number of piperazine rings is 1. The van der Waals surface area contributed by atoms with Crippen LogP contribution in [0.5, 0.6) is 0 Å². The molecule has 5 nitrogen and oxygen atoms in total. The van der Waals surface area contributed by atoms with Crippen molar-refractivity contribution in [3.05, 3.63) is 47.1 Å². The van der Waals surface area contributed by atoms with Gasteiger partial charge in [-0.05, 0) is 26.0 Å². The molecular weight excluding hydrogens is 344 g/mol. The number of carbonyl (C=O) groups is 1. The maximum Gasteiger partial charge on any atom is 0.271 e. The molecule has 1 aliphatic rings. The zero-order valence-electron chi connectivity index (χ0n) is 15.5. The van der Waals surface area contributed by atoms with Crippen molar-refractivity contribution in [1.29, 1.82) is 0 Å². The highest BCUT2D eigenvalue weighted by Gasteiger charge is 2.27. The van der Waals surface area contributed by atoms with Crippen molar-refractivity contribution in [2.45, 2.75) is 26.3 Å². The van der Waals surface area contributed by atoms with Gasteiger partial charge in [-0.2, -0.15) is 0 Å². The van der Waals surface area contributed by atoms with Gasteiger partial charge in [0.1, 0.15) is 5.69 Å². The van der Waals surface area contributed by atoms with E-state index < -0.39 is 0 Å². The number of fused-ring (bicyclic) bond motifs is 1. The molecule has 1 aromatic carbocycles. The Morgan fingerprint density at radius 2 is 2.04 bits per heavy atom. The number of benzene rings is 1. The number of aromatic nitrogens is 2. The number of thiazole rings is 1. The molecular formula is C20H24N4OS. The van der Waals surface area contributed by atoms with Gasteiger partial charge in [0.2, 0.25) is 0 Å². The van der Waals surface area contributed by atoms with Crippen LogP contribution in [0.1, 0.15) is 29.9 Å². The van der Waals surface area contributed by atoms with Gasteiger partial charge >= 0.3 is 0 Å². The zero-order chi connectivity index (χ0) is 18.3. The summed E-state index contributed by atoms with van der Waals surface area (Å²) < 4.78 is 1.94. The van der Waals surface area contributed by atoms with Gasteiger partial charge in [-0.25, -0.2) is 4.98 Å². The fourth-order valence-corrected chi connectivity index (χ4v) is 4.23. The number of carbonyl (C=O) groups excluding carboxylic acids is 1. The Hall–Kier alpha value is -2.18. The molecule has 26 heavy (non-hydrogen) atoms. The second kappa shape index (κ2) is 6.85. The molecule has 0 aliphatic carbocycles. The first-order valence-electron chi connectivity index (χ1n) is 9.12. The standard InChI is InChI=1S/C20H24N4OS/c1-4-15-5-7-16(8-6-15)17-12-24-18(13-26-20(24)21-17)19(25)23-10-9-22(3)14(2)11-23/h5-8,12-14H,4,9-11H2,1-3H3/t14-/m1/s1. The average molecular weight is 369 g/mol. The number of hydrogen-bond donors (Lipinski definition) is 0. The molecule has 0 unspecified atom stereocenters. The van der Waals surface area contributed by atoms with Crippen molar-refractivity contribution < 1.29 is 4.79 Å². The lowest BCUT2D eigenvalue weighted by Gasteiger charge is -2.37. The van der Waals surface area contributed by atoms with Gasteiger partial charge in [-0.3, -0.25) is 9.20 Å². The Kier molecular flexibility index (Phi) is 4.54. The van der Waals surface area contributed by atoms with Gasteiger partial charge in [-0.1, -0.05) is 31.2 Å². The SMILES string of the molecule is CCc1ccc(-c2cn3c(C(=O)N4CCN(C)[C@H](C)C4)csc3n2)cc1. The molecule has 3 heterocycles. The summed E-state index contributed by atoms with van der Waals surface area (Å²) in [6, 6.07) is 8.88. The van der Waals surface area contributed by atoms with E-state index in [0.717, 1.165) is 42.3 Å². The Labute approximate surface area is 157 Å². The fraction of sp³-hybridized carbons (Fsp3) is 0.400. The van der Waals surface area contributed by atoms with E-state index in [1.807, 2.05) is 20.9 Å². The van der Waals surface area contributed by atoms with Crippen molar-refractivity contribution in [2.24, 2.45) is 0 Å². The molecule has 1 atom stereocenters. The molecule has 136 valence electrons. The highest BCUT2D eigenvalue weighted by Crippen LogP contribution is 2.25. The van der Waals surface area contributed by atoms with Gasteiger partial charge < -0.3 is 9.80 Å². The lowest BCUT2D eigenvalue weighted by molar-refractivity contribution is 0.0566. The van der Waals surface area contributed by atoms with E-state index in [4.69, 9.17) is 4.98 Å². The van der Waals surface area contributed by atoms with Crippen LogP contribution in [0.25, 0.3) is 16.2 Å². The average Bonchev–Trinajstić information content (AvgIpc) is 3.24. The summed E-state index contributed by atoms with van der Waals surface area (Å²) in [4.78, 5) is 22.9. The molecule has 4 rings (SSSR count). The van der Waals surface area contributed by atoms with Gasteiger partial charge in [-0.15, -0.1) is 11.3 Å². The first-order chi connectivity index (χ1) is 12.6. The van der Waals surface area contributed by atoms with E-state index in [2.05, 4.69) is 50.1 Å². The Morgan fingerprint density at radius 1 is 1.27 bits per heavy atom. The molecule has 1 saturated heterocycles. The quantitative estimate of drug-likeness (QED) is 0.711. The maximum atomic E-state index is 13.0. The number of amides is 1. The second-order valence-corrected chi connectivity index (χ2v) is 7.87. The largest absolute Gasteiger partial charge is 0.334 e. The van der Waals surface area contributed by atoms with Gasteiger partial charge in [0.15, 0.2) is 4.96 Å². The first-order valence-corrected chi connectivity index (χ1v) is 10.00. The van der Waals surface area contributed by atoms with E-state index in [0.29, 0.717) is 11.7 Å². The van der Waals surface area contributed by atoms with E-state index in [-0.39, 0.29) is 5.91 Å². The van der Waals surface area contributed by atoms with Crippen LogP contribution in [0.2, 0.25) is 0 Å². The third-order valence-corrected chi connectivity index (χ3v) is 6.17. The van der Waals surface area contributed by atoms with Crippen molar-refractivity contribution in [3.8, 4) is 11.3 Å². The predicted octanol–water partition coefficient (Wildman–Crippen LogP) is 3.40. The van der Waals surface area contributed by atoms with Crippen LogP contribution in [0, 0.1) is 0 Å². The fourth-order valence-electron chi connectivity index (χ4n) is 3.38. The lowest BCUT2D eigenvalue weighted by atomic mass is 10.1. The Morgan fingerprint density at radius 3 is 2.73 bits per heavy atom. The van der Waals surface area contributed by atoms with Crippen LogP contribution in [0.4, 0.5) is 0 Å². The summed E-state index contributed by atoms with van der Waals surface area (Å²) >= 11 is 1.52. The number of rotatable bonds is 3.